The lowest BCUT2D eigenvalue weighted by Crippen LogP contribution is -2.16. The van der Waals surface area contributed by atoms with Crippen LogP contribution in [-0.4, -0.2) is 34.3 Å². The summed E-state index contributed by atoms with van der Waals surface area (Å²) >= 11 is 0. The zero-order chi connectivity index (χ0) is 19.1. The average molecular weight is 377 g/mol. The molecule has 0 bridgehead atoms. The van der Waals surface area contributed by atoms with Crippen molar-refractivity contribution in [3.8, 4) is 0 Å². The van der Waals surface area contributed by atoms with E-state index in [0.29, 0.717) is 11.2 Å². The van der Waals surface area contributed by atoms with E-state index in [-0.39, 0.29) is 28.9 Å². The Morgan fingerprint density at radius 3 is 2.54 bits per heavy atom. The first-order valence-corrected chi connectivity index (χ1v) is 10.0. The second-order valence-electron chi connectivity index (χ2n) is 6.51. The topological polar surface area (TPSA) is 89.2 Å². The molecule has 1 N–H and O–H groups in total. The zero-order valence-electron chi connectivity index (χ0n) is 14.9. The van der Waals surface area contributed by atoms with Crippen molar-refractivity contribution in [3.63, 3.8) is 0 Å². The van der Waals surface area contributed by atoms with Crippen LogP contribution in [0.25, 0.3) is 5.65 Å². The lowest BCUT2D eigenvalue weighted by atomic mass is 10.1. The van der Waals surface area contributed by atoms with Crippen molar-refractivity contribution in [2.75, 3.05) is 11.6 Å². The van der Waals surface area contributed by atoms with Crippen molar-refractivity contribution in [1.29, 1.82) is 0 Å². The molecule has 0 amide bonds. The van der Waals surface area contributed by atoms with Crippen LogP contribution in [0.4, 0.5) is 10.3 Å². The summed E-state index contributed by atoms with van der Waals surface area (Å²) < 4.78 is 39.0. The molecular formula is C17H20FN5O2S. The number of rotatable bonds is 5. The summed E-state index contributed by atoms with van der Waals surface area (Å²) in [6.07, 6.45) is 2.71. The number of anilines is 1. The van der Waals surface area contributed by atoms with E-state index < -0.39 is 9.84 Å². The fourth-order valence-electron chi connectivity index (χ4n) is 2.59. The summed E-state index contributed by atoms with van der Waals surface area (Å²) in [5.41, 5.74) is 1.96. The summed E-state index contributed by atoms with van der Waals surface area (Å²) in [5, 5.41) is 7.12. The van der Waals surface area contributed by atoms with Crippen LogP contribution in [0.3, 0.4) is 0 Å². The third kappa shape index (κ3) is 3.52. The van der Waals surface area contributed by atoms with Crippen LogP contribution in [0.15, 0.2) is 35.6 Å². The molecule has 0 aliphatic carbocycles. The molecule has 1 atom stereocenters. The number of sulfone groups is 1. The molecule has 3 rings (SSSR count). The summed E-state index contributed by atoms with van der Waals surface area (Å²) in [6, 6.07) is 5.85. The van der Waals surface area contributed by atoms with Gasteiger partial charge in [-0.05, 0) is 30.5 Å². The van der Waals surface area contributed by atoms with Crippen molar-refractivity contribution in [2.45, 2.75) is 37.9 Å². The van der Waals surface area contributed by atoms with Gasteiger partial charge in [0.2, 0.25) is 15.8 Å². The largest absolute Gasteiger partial charge is 0.348 e. The summed E-state index contributed by atoms with van der Waals surface area (Å²) in [4.78, 5) is 8.31. The van der Waals surface area contributed by atoms with Gasteiger partial charge in [0.15, 0.2) is 5.65 Å². The number of benzene rings is 1. The Bertz CT molecular complexity index is 1060. The quantitative estimate of drug-likeness (QED) is 0.735. The highest BCUT2D eigenvalue weighted by atomic mass is 32.2. The molecule has 0 aliphatic heterocycles. The zero-order valence-corrected chi connectivity index (χ0v) is 15.7. The summed E-state index contributed by atoms with van der Waals surface area (Å²) in [7, 11) is -3.61. The summed E-state index contributed by atoms with van der Waals surface area (Å²) in [6.45, 7) is 5.78. The van der Waals surface area contributed by atoms with Crippen LogP contribution >= 0.6 is 0 Å². The Labute approximate surface area is 151 Å². The molecule has 138 valence electrons. The first-order chi connectivity index (χ1) is 12.2. The maximum absolute atomic E-state index is 13.5. The van der Waals surface area contributed by atoms with Gasteiger partial charge in [0.25, 0.3) is 5.16 Å². The predicted octanol–water partition coefficient (Wildman–Crippen LogP) is 2.96. The van der Waals surface area contributed by atoms with Crippen molar-refractivity contribution in [1.82, 2.24) is 19.6 Å². The first-order valence-electron chi connectivity index (χ1n) is 8.14. The Kier molecular flexibility index (Phi) is 4.66. The lowest BCUT2D eigenvalue weighted by Gasteiger charge is -2.16. The van der Waals surface area contributed by atoms with Crippen LogP contribution < -0.4 is 5.32 Å². The van der Waals surface area contributed by atoms with Crippen molar-refractivity contribution in [3.05, 3.63) is 47.4 Å². The SMILES string of the molecule is CC(C)c1cnn2c(NC(C)c3cccc(F)c3)nc(S(C)(=O)=O)nc12. The minimum atomic E-state index is -3.61. The Balaban J connectivity index is 2.12. The number of aromatic nitrogens is 4. The van der Waals surface area contributed by atoms with E-state index in [9.17, 15) is 12.8 Å². The highest BCUT2D eigenvalue weighted by Gasteiger charge is 2.21. The molecule has 1 aromatic carbocycles. The van der Waals surface area contributed by atoms with Crippen LogP contribution in [-0.2, 0) is 9.84 Å². The van der Waals surface area contributed by atoms with Gasteiger partial charge in [-0.1, -0.05) is 26.0 Å². The molecule has 0 radical (unpaired) electrons. The minimum absolute atomic E-state index is 0.114. The van der Waals surface area contributed by atoms with E-state index in [0.717, 1.165) is 11.8 Å². The molecule has 3 aromatic rings. The van der Waals surface area contributed by atoms with Crippen LogP contribution in [0.1, 0.15) is 43.9 Å². The third-order valence-electron chi connectivity index (χ3n) is 4.02. The van der Waals surface area contributed by atoms with Crippen LogP contribution in [0, 0.1) is 5.82 Å². The Morgan fingerprint density at radius 2 is 1.92 bits per heavy atom. The van der Waals surface area contributed by atoms with Crippen LogP contribution in [0.5, 0.6) is 0 Å². The molecule has 9 heteroatoms. The van der Waals surface area contributed by atoms with Crippen molar-refractivity contribution < 1.29 is 12.8 Å². The van der Waals surface area contributed by atoms with Gasteiger partial charge in [-0.15, -0.1) is 0 Å². The van der Waals surface area contributed by atoms with Gasteiger partial charge in [-0.3, -0.25) is 0 Å². The number of nitrogens with one attached hydrogen (secondary N) is 1. The molecule has 0 saturated heterocycles. The van der Waals surface area contributed by atoms with Gasteiger partial charge < -0.3 is 5.32 Å². The van der Waals surface area contributed by atoms with Crippen molar-refractivity contribution in [2.24, 2.45) is 0 Å². The molecule has 0 saturated carbocycles. The van der Waals surface area contributed by atoms with Gasteiger partial charge in [0.1, 0.15) is 5.82 Å². The summed E-state index contributed by atoms with van der Waals surface area (Å²) in [5.74, 6) is 0.00406. The first kappa shape index (κ1) is 18.2. The van der Waals surface area contributed by atoms with Gasteiger partial charge in [0, 0.05) is 11.8 Å². The Morgan fingerprint density at radius 1 is 1.19 bits per heavy atom. The number of hydrogen-bond acceptors (Lipinski definition) is 6. The van der Waals surface area contributed by atoms with Gasteiger partial charge >= 0.3 is 0 Å². The third-order valence-corrected chi connectivity index (χ3v) is 4.87. The van der Waals surface area contributed by atoms with E-state index in [4.69, 9.17) is 0 Å². The lowest BCUT2D eigenvalue weighted by molar-refractivity contribution is 0.591. The van der Waals surface area contributed by atoms with E-state index in [1.54, 1.807) is 18.3 Å². The minimum Gasteiger partial charge on any atom is -0.348 e. The molecule has 7 nitrogen and oxygen atoms in total. The van der Waals surface area contributed by atoms with E-state index in [1.807, 2.05) is 20.8 Å². The van der Waals surface area contributed by atoms with Gasteiger partial charge in [0.05, 0.1) is 12.2 Å². The van der Waals surface area contributed by atoms with Crippen LogP contribution in [0.2, 0.25) is 0 Å². The highest BCUT2D eigenvalue weighted by Crippen LogP contribution is 2.24. The maximum atomic E-state index is 13.5. The highest BCUT2D eigenvalue weighted by molar-refractivity contribution is 7.90. The van der Waals surface area contributed by atoms with Gasteiger partial charge in [-0.2, -0.15) is 19.6 Å². The molecule has 0 fully saturated rings. The number of halogens is 1. The maximum Gasteiger partial charge on any atom is 0.252 e. The molecule has 0 spiro atoms. The van der Waals surface area contributed by atoms with E-state index in [1.165, 1.54) is 16.6 Å². The number of hydrogen-bond donors (Lipinski definition) is 1. The standard InChI is InChI=1S/C17H20FN5O2S/c1-10(2)14-9-19-23-15(14)21-17(26(4,24)25)22-16(23)20-11(3)12-6-5-7-13(18)8-12/h5-11H,1-4H3,(H,20,21,22). The van der Waals surface area contributed by atoms with Gasteiger partial charge in [-0.25, -0.2) is 12.8 Å². The number of fused-ring (bicyclic) bond motifs is 1. The monoisotopic (exact) mass is 377 g/mol. The van der Waals surface area contributed by atoms with E-state index in [2.05, 4.69) is 20.4 Å². The molecule has 26 heavy (non-hydrogen) atoms. The second kappa shape index (κ2) is 6.64. The Hall–Kier alpha value is -2.55. The molecular weight excluding hydrogens is 357 g/mol. The predicted molar refractivity (Wildman–Crippen MR) is 96.4 cm³/mol. The normalized spacial score (nSPS) is 13.3. The molecule has 0 aliphatic rings. The number of nitrogens with zero attached hydrogens (tertiary/aromatic N) is 4. The fraction of sp³-hybridized carbons (Fsp3) is 0.353. The van der Waals surface area contributed by atoms with E-state index >= 15 is 0 Å². The average Bonchev–Trinajstić information content (AvgIpc) is 2.98. The molecule has 1 unspecified atom stereocenters. The smallest absolute Gasteiger partial charge is 0.252 e. The molecule has 2 heterocycles. The van der Waals surface area contributed by atoms with Crippen molar-refractivity contribution >= 4 is 21.4 Å². The fourth-order valence-corrected chi connectivity index (χ4v) is 3.10. The molecule has 2 aromatic heterocycles. The second-order valence-corrected chi connectivity index (χ2v) is 8.42.